The van der Waals surface area contributed by atoms with E-state index in [-0.39, 0.29) is 0 Å². The first-order chi connectivity index (χ1) is 12.7. The Morgan fingerprint density at radius 1 is 1.19 bits per heavy atom. The molecule has 0 aliphatic carbocycles. The van der Waals surface area contributed by atoms with Gasteiger partial charge in [0.1, 0.15) is 17.1 Å². The van der Waals surface area contributed by atoms with Gasteiger partial charge < -0.3 is 14.8 Å². The van der Waals surface area contributed by atoms with Crippen molar-refractivity contribution in [3.8, 4) is 5.75 Å². The molecule has 2 heterocycles. The lowest BCUT2D eigenvalue weighted by molar-refractivity contribution is 0.181. The molecule has 4 nitrogen and oxygen atoms in total. The minimum atomic E-state index is 0.342. The van der Waals surface area contributed by atoms with Gasteiger partial charge >= 0.3 is 0 Å². The Kier molecular flexibility index (Phi) is 4.96. The molecule has 2 aromatic carbocycles. The predicted molar refractivity (Wildman–Crippen MR) is 104 cm³/mol. The molecule has 1 aliphatic rings. The number of phenols is 1. The summed E-state index contributed by atoms with van der Waals surface area (Å²) < 4.78 is 6.02. The van der Waals surface area contributed by atoms with E-state index in [1.165, 1.54) is 29.4 Å². The zero-order valence-corrected chi connectivity index (χ0v) is 15.2. The molecule has 1 saturated heterocycles. The molecule has 0 radical (unpaired) electrons. The molecular weight excluding hydrogens is 324 g/mol. The number of piperidine rings is 1. The fraction of sp³-hybridized carbons (Fsp3) is 0.364. The molecule has 0 saturated carbocycles. The fourth-order valence-corrected chi connectivity index (χ4v) is 3.91. The van der Waals surface area contributed by atoms with E-state index in [0.29, 0.717) is 11.8 Å². The number of benzene rings is 2. The van der Waals surface area contributed by atoms with E-state index < -0.39 is 0 Å². The third-order valence-electron chi connectivity index (χ3n) is 5.32. The van der Waals surface area contributed by atoms with Crippen molar-refractivity contribution in [2.45, 2.75) is 38.9 Å². The number of aryl methyl sites for hydroxylation is 1. The Balaban J connectivity index is 1.36. The number of aromatic hydroxyl groups is 1. The second-order valence-electron chi connectivity index (χ2n) is 7.27. The van der Waals surface area contributed by atoms with Gasteiger partial charge in [-0.05, 0) is 55.6 Å². The summed E-state index contributed by atoms with van der Waals surface area (Å²) in [4.78, 5) is 2.46. The molecule has 2 N–H and O–H groups in total. The number of nitrogens with zero attached hydrogens (tertiary/aromatic N) is 1. The Morgan fingerprint density at radius 2 is 2.08 bits per heavy atom. The first kappa shape index (κ1) is 17.1. The minimum Gasteiger partial charge on any atom is -0.508 e. The highest BCUT2D eigenvalue weighted by Crippen LogP contribution is 2.25. The summed E-state index contributed by atoms with van der Waals surface area (Å²) in [7, 11) is 0. The summed E-state index contributed by atoms with van der Waals surface area (Å²) in [5.41, 5.74) is 3.37. The first-order valence-electron chi connectivity index (χ1n) is 9.40. The van der Waals surface area contributed by atoms with Crippen LogP contribution in [0.1, 0.15) is 29.7 Å². The number of hydrogen-bond donors (Lipinski definition) is 2. The van der Waals surface area contributed by atoms with Gasteiger partial charge in [0.05, 0.1) is 6.54 Å². The first-order valence-corrected chi connectivity index (χ1v) is 9.40. The van der Waals surface area contributed by atoms with E-state index in [1.54, 1.807) is 6.07 Å². The smallest absolute Gasteiger partial charge is 0.134 e. The second kappa shape index (κ2) is 7.52. The van der Waals surface area contributed by atoms with Crippen LogP contribution in [-0.2, 0) is 13.1 Å². The zero-order chi connectivity index (χ0) is 17.9. The fourth-order valence-electron chi connectivity index (χ4n) is 3.91. The lowest BCUT2D eigenvalue weighted by Gasteiger charge is -2.33. The van der Waals surface area contributed by atoms with Crippen molar-refractivity contribution in [2.75, 3.05) is 13.1 Å². The third kappa shape index (κ3) is 3.76. The van der Waals surface area contributed by atoms with Crippen LogP contribution in [0.5, 0.6) is 5.75 Å². The Labute approximate surface area is 154 Å². The molecule has 26 heavy (non-hydrogen) atoms. The van der Waals surface area contributed by atoms with Crippen LogP contribution in [0.4, 0.5) is 0 Å². The molecule has 4 heteroatoms. The number of likely N-dealkylation sites (tertiary alicyclic amines) is 1. The van der Waals surface area contributed by atoms with Crippen molar-refractivity contribution in [3.05, 3.63) is 65.4 Å². The Morgan fingerprint density at radius 3 is 2.92 bits per heavy atom. The predicted octanol–water partition coefficient (Wildman–Crippen LogP) is 4.20. The molecule has 0 amide bonds. The molecule has 3 aromatic rings. The number of phenolic OH excluding ortho intramolecular Hbond substituents is 1. The van der Waals surface area contributed by atoms with Crippen molar-refractivity contribution in [1.82, 2.24) is 10.2 Å². The van der Waals surface area contributed by atoms with E-state index in [1.807, 2.05) is 24.3 Å². The standard InChI is InChI=1S/C22H26N2O2/c1-16-20-9-2-3-10-21(20)26-22(16)13-23-18-7-5-11-24(15-18)14-17-6-4-8-19(25)12-17/h2-4,6,8-10,12,18,23,25H,5,7,11,13-15H2,1H3/t18-/m0/s1. The van der Waals surface area contributed by atoms with Crippen LogP contribution in [-0.4, -0.2) is 29.1 Å². The van der Waals surface area contributed by atoms with Gasteiger partial charge in [-0.3, -0.25) is 4.90 Å². The van der Waals surface area contributed by atoms with E-state index in [4.69, 9.17) is 4.42 Å². The second-order valence-corrected chi connectivity index (χ2v) is 7.27. The van der Waals surface area contributed by atoms with Crippen LogP contribution in [0, 0.1) is 6.92 Å². The Bertz CT molecular complexity index is 887. The largest absolute Gasteiger partial charge is 0.508 e. The van der Waals surface area contributed by atoms with Crippen LogP contribution < -0.4 is 5.32 Å². The van der Waals surface area contributed by atoms with Gasteiger partial charge in [-0.15, -0.1) is 0 Å². The topological polar surface area (TPSA) is 48.6 Å². The highest BCUT2D eigenvalue weighted by Gasteiger charge is 2.20. The third-order valence-corrected chi connectivity index (χ3v) is 5.32. The lowest BCUT2D eigenvalue weighted by atomic mass is 10.0. The molecule has 1 fully saturated rings. The highest BCUT2D eigenvalue weighted by molar-refractivity contribution is 5.81. The summed E-state index contributed by atoms with van der Waals surface area (Å²) in [6, 6.07) is 16.3. The van der Waals surface area contributed by atoms with Crippen LogP contribution in [0.2, 0.25) is 0 Å². The number of nitrogens with one attached hydrogen (secondary N) is 1. The summed E-state index contributed by atoms with van der Waals surface area (Å²) in [5.74, 6) is 1.38. The molecule has 0 bridgehead atoms. The van der Waals surface area contributed by atoms with Crippen LogP contribution in [0.3, 0.4) is 0 Å². The van der Waals surface area contributed by atoms with Gasteiger partial charge in [-0.1, -0.05) is 30.3 Å². The quantitative estimate of drug-likeness (QED) is 0.724. The van der Waals surface area contributed by atoms with Crippen molar-refractivity contribution >= 4 is 11.0 Å². The number of para-hydroxylation sites is 1. The summed E-state index contributed by atoms with van der Waals surface area (Å²) in [6.45, 7) is 5.92. The van der Waals surface area contributed by atoms with Gasteiger partial charge in [0.25, 0.3) is 0 Å². The van der Waals surface area contributed by atoms with Crippen LogP contribution in [0.15, 0.2) is 52.9 Å². The molecule has 4 rings (SSSR count). The van der Waals surface area contributed by atoms with Crippen molar-refractivity contribution in [1.29, 1.82) is 0 Å². The average Bonchev–Trinajstić information content (AvgIpc) is 2.97. The van der Waals surface area contributed by atoms with Crippen molar-refractivity contribution in [3.63, 3.8) is 0 Å². The SMILES string of the molecule is Cc1c(CN[C@H]2CCCN(Cc3cccc(O)c3)C2)oc2ccccc12. The van der Waals surface area contributed by atoms with E-state index in [0.717, 1.165) is 37.5 Å². The van der Waals surface area contributed by atoms with Crippen LogP contribution in [0.25, 0.3) is 11.0 Å². The maximum Gasteiger partial charge on any atom is 0.134 e. The number of furan rings is 1. The van der Waals surface area contributed by atoms with E-state index in [2.05, 4.69) is 35.3 Å². The Hall–Kier alpha value is -2.30. The maximum absolute atomic E-state index is 9.65. The molecule has 1 aromatic heterocycles. The molecular formula is C22H26N2O2. The molecule has 0 unspecified atom stereocenters. The monoisotopic (exact) mass is 350 g/mol. The zero-order valence-electron chi connectivity index (χ0n) is 15.2. The maximum atomic E-state index is 9.65. The van der Waals surface area contributed by atoms with E-state index in [9.17, 15) is 5.11 Å². The normalized spacial score (nSPS) is 18.4. The van der Waals surface area contributed by atoms with Gasteiger partial charge in [0, 0.05) is 24.5 Å². The lowest BCUT2D eigenvalue weighted by Crippen LogP contribution is -2.45. The summed E-state index contributed by atoms with van der Waals surface area (Å²) in [5, 5.41) is 14.5. The molecule has 0 spiro atoms. The minimum absolute atomic E-state index is 0.342. The van der Waals surface area contributed by atoms with Crippen molar-refractivity contribution < 1.29 is 9.52 Å². The van der Waals surface area contributed by atoms with Crippen molar-refractivity contribution in [2.24, 2.45) is 0 Å². The number of rotatable bonds is 5. The van der Waals surface area contributed by atoms with Gasteiger partial charge in [0.2, 0.25) is 0 Å². The summed E-state index contributed by atoms with van der Waals surface area (Å²) >= 11 is 0. The van der Waals surface area contributed by atoms with E-state index >= 15 is 0 Å². The molecule has 1 aliphatic heterocycles. The highest BCUT2D eigenvalue weighted by atomic mass is 16.3. The molecule has 136 valence electrons. The van der Waals surface area contributed by atoms with Gasteiger partial charge in [0.15, 0.2) is 0 Å². The van der Waals surface area contributed by atoms with Gasteiger partial charge in [-0.25, -0.2) is 0 Å². The number of hydrogen-bond acceptors (Lipinski definition) is 4. The van der Waals surface area contributed by atoms with Crippen LogP contribution >= 0.6 is 0 Å². The summed E-state index contributed by atoms with van der Waals surface area (Å²) in [6.07, 6.45) is 2.38. The molecule has 1 atom stereocenters. The number of fused-ring (bicyclic) bond motifs is 1. The average molecular weight is 350 g/mol. The van der Waals surface area contributed by atoms with Gasteiger partial charge in [-0.2, -0.15) is 0 Å².